The van der Waals surface area contributed by atoms with Gasteiger partial charge in [0, 0.05) is 45.1 Å². The van der Waals surface area contributed by atoms with Crippen molar-refractivity contribution in [3.05, 3.63) is 185 Å². The third kappa shape index (κ3) is 5.29. The molecule has 0 amide bonds. The van der Waals surface area contributed by atoms with Crippen LogP contribution in [0.15, 0.2) is 97.1 Å². The smallest absolute Gasteiger partial charge is 0.854 e. The number of hydrogen-bond acceptors (Lipinski definition) is 4. The van der Waals surface area contributed by atoms with Crippen LogP contribution in [0.4, 0.5) is 0 Å². The van der Waals surface area contributed by atoms with Gasteiger partial charge < -0.3 is 24.5 Å². The van der Waals surface area contributed by atoms with Gasteiger partial charge in [-0.1, -0.05) is 116 Å². The fourth-order valence-corrected chi connectivity index (χ4v) is 11.0. The van der Waals surface area contributed by atoms with Gasteiger partial charge in [0.1, 0.15) is 4.88 Å². The van der Waals surface area contributed by atoms with Crippen molar-refractivity contribution in [2.75, 3.05) is 19.8 Å². The SMILES string of the molecule is CC#Cc1c2c(c(C#Cc3sc(C)c4c3OCC(C)(C[O-])CO4)c3c1C1c4ccccc4C3c3ccccc31)C1c3ccccc3C2c2ccccc21.[Cs+].[PH2-]. The van der Waals surface area contributed by atoms with Gasteiger partial charge in [0.25, 0.3) is 0 Å². The Labute approximate surface area is 389 Å². The minimum Gasteiger partial charge on any atom is -0.854 e. The van der Waals surface area contributed by atoms with Gasteiger partial charge in [-0.3, -0.25) is 0 Å². The van der Waals surface area contributed by atoms with Crippen molar-refractivity contribution >= 4 is 21.2 Å². The van der Waals surface area contributed by atoms with Crippen molar-refractivity contribution in [1.29, 1.82) is 0 Å². The first kappa shape index (κ1) is 37.5. The van der Waals surface area contributed by atoms with Crippen molar-refractivity contribution in [2.45, 2.75) is 44.4 Å². The molecule has 6 heteroatoms. The van der Waals surface area contributed by atoms with E-state index < -0.39 is 5.41 Å². The Morgan fingerprint density at radius 3 is 1.29 bits per heavy atom. The average Bonchev–Trinajstić information content (AvgIpc) is 3.39. The Hall–Kier alpha value is -3.04. The molecule has 0 saturated carbocycles. The van der Waals surface area contributed by atoms with E-state index >= 15 is 0 Å². The average molecular weight is 870 g/mol. The van der Waals surface area contributed by atoms with E-state index in [0.717, 1.165) is 21.1 Å². The summed E-state index contributed by atoms with van der Waals surface area (Å²) < 4.78 is 12.7. The van der Waals surface area contributed by atoms with Crippen LogP contribution in [-0.4, -0.2) is 19.8 Å². The Morgan fingerprint density at radius 1 is 0.600 bits per heavy atom. The first-order valence-corrected chi connectivity index (χ1v) is 19.3. The van der Waals surface area contributed by atoms with Crippen LogP contribution < -0.4 is 83.5 Å². The van der Waals surface area contributed by atoms with Gasteiger partial charge in [-0.15, -0.1) is 23.9 Å². The van der Waals surface area contributed by atoms with Crippen LogP contribution in [0.2, 0.25) is 0 Å². The predicted molar refractivity (Wildman–Crippen MR) is 217 cm³/mol. The van der Waals surface area contributed by atoms with Crippen LogP contribution in [0.5, 0.6) is 11.5 Å². The molecule has 3 nitrogen and oxygen atoms in total. The zero-order valence-electron chi connectivity index (χ0n) is 31.4. The molecular formula is C49H37CsO3PS-. The largest absolute Gasteiger partial charge is 1.00 e. The number of thiophene rings is 1. The predicted octanol–water partition coefficient (Wildman–Crippen LogP) is 6.27. The summed E-state index contributed by atoms with van der Waals surface area (Å²) in [4.78, 5) is 1.86. The van der Waals surface area contributed by atoms with E-state index in [9.17, 15) is 5.11 Å². The summed E-state index contributed by atoms with van der Waals surface area (Å²) in [6.07, 6.45) is 0. The molecule has 5 aromatic carbocycles. The maximum Gasteiger partial charge on any atom is 1.00 e. The van der Waals surface area contributed by atoms with E-state index in [4.69, 9.17) is 9.47 Å². The molecule has 6 aliphatic carbocycles. The summed E-state index contributed by atoms with van der Waals surface area (Å²) in [6.45, 7) is 6.34. The van der Waals surface area contributed by atoms with Crippen molar-refractivity contribution in [1.82, 2.24) is 0 Å². The number of rotatable bonds is 1. The third-order valence-electron chi connectivity index (χ3n) is 12.3. The maximum atomic E-state index is 12.1. The van der Waals surface area contributed by atoms with E-state index in [1.165, 1.54) is 72.3 Å². The van der Waals surface area contributed by atoms with Crippen LogP contribution >= 0.6 is 21.2 Å². The molecule has 264 valence electrons. The summed E-state index contributed by atoms with van der Waals surface area (Å²) in [7, 11) is 0. The Kier molecular flexibility index (Phi) is 9.63. The fraction of sp³-hybridized carbons (Fsp3) is 0.224. The Balaban J connectivity index is 0.00000198. The number of hydrogen-bond donors (Lipinski definition) is 0. The molecular weight excluding hydrogens is 832 g/mol. The van der Waals surface area contributed by atoms with Crippen LogP contribution in [0.25, 0.3) is 0 Å². The van der Waals surface area contributed by atoms with Crippen molar-refractivity contribution in [3.8, 4) is 35.2 Å². The van der Waals surface area contributed by atoms with E-state index in [1.54, 1.807) is 11.3 Å². The normalized spacial score (nSPS) is 21.9. The molecule has 0 N–H and O–H groups in total. The molecule has 13 rings (SSSR count). The fourth-order valence-electron chi connectivity index (χ4n) is 10.1. The van der Waals surface area contributed by atoms with Gasteiger partial charge in [0.15, 0.2) is 11.5 Å². The quantitative estimate of drug-likeness (QED) is 0.145. The molecule has 7 aliphatic rings. The van der Waals surface area contributed by atoms with Gasteiger partial charge in [0.2, 0.25) is 0 Å². The molecule has 0 spiro atoms. The molecule has 6 aromatic rings. The zero-order chi connectivity index (χ0) is 35.6. The van der Waals surface area contributed by atoms with Gasteiger partial charge >= 0.3 is 68.9 Å². The first-order chi connectivity index (χ1) is 26.0. The van der Waals surface area contributed by atoms with Gasteiger partial charge in [-0.05, 0) is 86.5 Å². The Bertz CT molecular complexity index is 2500. The molecule has 2 heterocycles. The van der Waals surface area contributed by atoms with Crippen LogP contribution in [0, 0.1) is 36.0 Å². The van der Waals surface area contributed by atoms with Crippen LogP contribution in [0.1, 0.15) is 125 Å². The van der Waals surface area contributed by atoms with Gasteiger partial charge in [0.05, 0.1) is 13.2 Å². The molecule has 0 radical (unpaired) electrons. The number of benzene rings is 5. The maximum absolute atomic E-state index is 12.1. The molecule has 4 bridgehead atoms. The third-order valence-corrected chi connectivity index (χ3v) is 13.3. The summed E-state index contributed by atoms with van der Waals surface area (Å²) in [5.74, 6) is 16.3. The monoisotopic (exact) mass is 869 g/mol. The number of aryl methyl sites for hydroxylation is 1. The van der Waals surface area contributed by atoms with Gasteiger partial charge in [-0.25, -0.2) is 0 Å². The molecule has 1 unspecified atom stereocenters. The summed E-state index contributed by atoms with van der Waals surface area (Å²) in [5.41, 5.74) is 17.9. The minimum atomic E-state index is -0.595. The van der Waals surface area contributed by atoms with E-state index in [0.29, 0.717) is 19.0 Å². The van der Waals surface area contributed by atoms with Gasteiger partial charge in [-0.2, -0.15) is 0 Å². The van der Waals surface area contributed by atoms with E-state index in [-0.39, 0.29) is 109 Å². The van der Waals surface area contributed by atoms with Crippen molar-refractivity contribution < 1.29 is 83.5 Å². The molecule has 1 aromatic heterocycles. The van der Waals surface area contributed by atoms with Crippen LogP contribution in [-0.2, 0) is 0 Å². The molecule has 55 heavy (non-hydrogen) atoms. The number of ether oxygens (including phenoxy) is 2. The topological polar surface area (TPSA) is 41.5 Å². The molecule has 1 atom stereocenters. The summed E-state index contributed by atoms with van der Waals surface area (Å²) in [6, 6.07) is 36.1. The van der Waals surface area contributed by atoms with E-state index in [2.05, 4.69) is 128 Å². The second-order valence-corrected chi connectivity index (χ2v) is 16.7. The second kappa shape index (κ2) is 14.1. The summed E-state index contributed by atoms with van der Waals surface area (Å²) in [5, 5.41) is 12.1. The summed E-state index contributed by atoms with van der Waals surface area (Å²) >= 11 is 1.61. The van der Waals surface area contributed by atoms with Crippen LogP contribution in [0.3, 0.4) is 0 Å². The second-order valence-electron chi connectivity index (χ2n) is 15.5. The molecule has 0 fully saturated rings. The zero-order valence-corrected chi connectivity index (χ0v) is 39.6. The van der Waals surface area contributed by atoms with Crippen molar-refractivity contribution in [2.24, 2.45) is 5.41 Å². The Morgan fingerprint density at radius 2 is 0.945 bits per heavy atom. The minimum absolute atomic E-state index is 0. The number of fused-ring (bicyclic) bond motifs is 1. The van der Waals surface area contributed by atoms with E-state index in [1.807, 2.05) is 13.8 Å². The van der Waals surface area contributed by atoms with Crippen molar-refractivity contribution in [3.63, 3.8) is 0 Å². The first-order valence-electron chi connectivity index (χ1n) is 18.5. The standard InChI is InChI=1S/C49H35O3S.Cs.H2P/c1-4-13-36-43-39-28-14-5-9-18-32(28)41(33-19-10-6-15-29(33)39)45(43)37(22-23-38-48-47(27(2)53-38)51-25-49(3,24-50)26-52-48)46-42-34-20-11-7-16-30(34)40(44(36)46)31-17-8-12-21-35(31)42;;/h5-12,14-21,39-42H,24-26H2,1-3H3;;1H2/q-1;+1;-1. The molecule has 1 aliphatic heterocycles. The molecule has 0 saturated heterocycles.